The van der Waals surface area contributed by atoms with Gasteiger partial charge in [0.05, 0.1) is 19.7 Å². The van der Waals surface area contributed by atoms with Crippen molar-refractivity contribution in [2.75, 3.05) is 0 Å². The van der Waals surface area contributed by atoms with Gasteiger partial charge in [0.2, 0.25) is 11.7 Å². The van der Waals surface area contributed by atoms with Gasteiger partial charge in [-0.05, 0) is 55.7 Å². The highest BCUT2D eigenvalue weighted by atomic mass is 32.1. The molecule has 2 aliphatic rings. The number of nitrogens with zero attached hydrogens (tertiary/aromatic N) is 3. The van der Waals surface area contributed by atoms with Crippen LogP contribution in [0.4, 0.5) is 0 Å². The van der Waals surface area contributed by atoms with Crippen molar-refractivity contribution in [1.29, 1.82) is 0 Å². The van der Waals surface area contributed by atoms with Gasteiger partial charge in [0.15, 0.2) is 17.2 Å². The Morgan fingerprint density at radius 3 is 2.38 bits per heavy atom. The Labute approximate surface area is 281 Å². The number of para-hydroxylation sites is 3. The molecule has 2 atom stereocenters. The van der Waals surface area contributed by atoms with Gasteiger partial charge < -0.3 is 4.74 Å². The smallest absolute Gasteiger partial charge is 0.348 e. The lowest BCUT2D eigenvalue weighted by atomic mass is 9.89. The number of hydrogen-bond acceptors (Lipinski definition) is 2. The van der Waals surface area contributed by atoms with Crippen LogP contribution in [-0.4, -0.2) is 12.6 Å². The fourth-order valence-corrected chi connectivity index (χ4v) is 10.6. The molecule has 0 amide bonds. The zero-order valence-corrected chi connectivity index (χ0v) is 30.0. The molecule has 47 heavy (non-hydrogen) atoms. The van der Waals surface area contributed by atoms with E-state index in [-0.39, 0.29) is 18.3 Å². The molecule has 0 saturated heterocycles. The number of ether oxygens (including phenoxy) is 1. The molecule has 0 aliphatic carbocycles. The minimum absolute atomic E-state index is 0.0770. The zero-order valence-electron chi connectivity index (χ0n) is 28.2. The topological polar surface area (TPSA) is 21.9 Å². The van der Waals surface area contributed by atoms with Crippen molar-refractivity contribution in [3.05, 3.63) is 108 Å². The van der Waals surface area contributed by atoms with Crippen LogP contribution >= 0.6 is 11.3 Å². The second kappa shape index (κ2) is 10.1. The second-order valence-electron chi connectivity index (χ2n) is 15.0. The summed E-state index contributed by atoms with van der Waals surface area (Å²) in [4.78, 5) is 0. The Morgan fingerprint density at radius 1 is 0.830 bits per heavy atom. The molecule has 0 spiro atoms. The van der Waals surface area contributed by atoms with Crippen LogP contribution in [0.2, 0.25) is 19.6 Å². The van der Waals surface area contributed by atoms with Crippen molar-refractivity contribution in [3.63, 3.8) is 0 Å². The lowest BCUT2D eigenvalue weighted by Crippen LogP contribution is -2.58. The average Bonchev–Trinajstić information content (AvgIpc) is 3.55. The molecular formula is C41H41N3OSSi+2. The van der Waals surface area contributed by atoms with Crippen molar-refractivity contribution in [1.82, 2.24) is 4.57 Å². The summed E-state index contributed by atoms with van der Waals surface area (Å²) in [6.07, 6.45) is 2.03. The summed E-state index contributed by atoms with van der Waals surface area (Å²) in [6, 6.07) is 34.5. The van der Waals surface area contributed by atoms with Crippen LogP contribution in [0.3, 0.4) is 0 Å². The summed E-state index contributed by atoms with van der Waals surface area (Å²) in [7, 11) is -1.46. The van der Waals surface area contributed by atoms with Gasteiger partial charge >= 0.3 is 6.23 Å². The van der Waals surface area contributed by atoms with E-state index in [4.69, 9.17) is 4.74 Å². The molecule has 234 valence electrons. The van der Waals surface area contributed by atoms with E-state index in [9.17, 15) is 0 Å². The van der Waals surface area contributed by atoms with Crippen LogP contribution in [0.5, 0.6) is 5.75 Å². The van der Waals surface area contributed by atoms with Gasteiger partial charge in [0.1, 0.15) is 11.3 Å². The minimum Gasteiger partial charge on any atom is -0.429 e. The molecule has 0 N–H and O–H groups in total. The first-order chi connectivity index (χ1) is 22.6. The highest BCUT2D eigenvalue weighted by Crippen LogP contribution is 2.49. The fraction of sp³-hybridized carbons (Fsp3) is 0.268. The Balaban J connectivity index is 1.44. The second-order valence-corrected chi connectivity index (χ2v) is 21.1. The summed E-state index contributed by atoms with van der Waals surface area (Å²) in [5.74, 6) is 2.55. The average molecular weight is 652 g/mol. The molecule has 7 aromatic rings. The van der Waals surface area contributed by atoms with E-state index in [2.05, 4.69) is 158 Å². The quantitative estimate of drug-likeness (QED) is 0.138. The summed E-state index contributed by atoms with van der Waals surface area (Å²) < 4.78 is 17.5. The number of aromatic nitrogens is 3. The molecule has 4 nitrogen and oxygen atoms in total. The summed E-state index contributed by atoms with van der Waals surface area (Å²) in [6.45, 7) is 16.5. The Kier molecular flexibility index (Phi) is 6.23. The molecule has 0 radical (unpaired) electrons. The van der Waals surface area contributed by atoms with Crippen molar-refractivity contribution in [2.24, 2.45) is 0 Å². The van der Waals surface area contributed by atoms with Crippen LogP contribution in [0.1, 0.15) is 63.1 Å². The number of rotatable bonds is 3. The van der Waals surface area contributed by atoms with E-state index >= 15 is 0 Å². The first-order valence-electron chi connectivity index (χ1n) is 17.0. The maximum atomic E-state index is 7.23. The zero-order chi connectivity index (χ0) is 32.4. The minimum atomic E-state index is -1.46. The molecule has 0 fully saturated rings. The Morgan fingerprint density at radius 2 is 1.60 bits per heavy atom. The fourth-order valence-electron chi connectivity index (χ4n) is 8.00. The Hall–Kier alpha value is -4.26. The number of benzene rings is 4. The van der Waals surface area contributed by atoms with Crippen LogP contribution < -0.4 is 19.1 Å². The molecule has 9 rings (SSSR count). The molecule has 3 aromatic heterocycles. The summed E-state index contributed by atoms with van der Waals surface area (Å²) in [5.41, 5.74) is 8.88. The van der Waals surface area contributed by atoms with Crippen molar-refractivity contribution in [2.45, 2.75) is 71.6 Å². The highest BCUT2D eigenvalue weighted by Gasteiger charge is 2.52. The third-order valence-corrected chi connectivity index (χ3v) is 13.6. The Bertz CT molecular complexity index is 2410. The number of fused-ring (bicyclic) bond motifs is 16. The monoisotopic (exact) mass is 651 g/mol. The van der Waals surface area contributed by atoms with Crippen LogP contribution in [-0.2, 0) is 0 Å². The van der Waals surface area contributed by atoms with E-state index in [0.29, 0.717) is 5.92 Å². The van der Waals surface area contributed by atoms with Gasteiger partial charge in [-0.15, -0.1) is 11.3 Å². The van der Waals surface area contributed by atoms with Crippen LogP contribution in [0.15, 0.2) is 97.2 Å². The first-order valence-corrected chi connectivity index (χ1v) is 21.3. The lowest BCUT2D eigenvalue weighted by molar-refractivity contribution is -0.816. The highest BCUT2D eigenvalue weighted by molar-refractivity contribution is 7.26. The summed E-state index contributed by atoms with van der Waals surface area (Å²) >= 11 is 1.96. The van der Waals surface area contributed by atoms with Crippen LogP contribution in [0.25, 0.3) is 53.9 Å². The first kappa shape index (κ1) is 28.9. The molecule has 0 bridgehead atoms. The van der Waals surface area contributed by atoms with Crippen LogP contribution in [0, 0.1) is 0 Å². The standard InChI is InChI=1S/C41H41N3OSSi/c1-24(2)26-20-21-42-34(22-26)37-31(19-18-29-28-17-16-27(47(5,6)7)23-36(28)46-39(29)37)38-41(42)45-35-15-11-8-12-30(35)40-43(25(3)4)32-13-9-10-14-33(32)44(38)40/h8-25,38,41H,1-7H3/q+2. The predicted octanol–water partition coefficient (Wildman–Crippen LogP) is 9.66. The lowest BCUT2D eigenvalue weighted by Gasteiger charge is -2.28. The van der Waals surface area contributed by atoms with Crippen molar-refractivity contribution < 1.29 is 13.9 Å². The van der Waals surface area contributed by atoms with E-state index < -0.39 is 8.07 Å². The van der Waals surface area contributed by atoms with E-state index in [0.717, 1.165) is 11.3 Å². The molecule has 5 heterocycles. The van der Waals surface area contributed by atoms with E-state index in [1.165, 1.54) is 64.6 Å². The number of imidazole rings is 1. The van der Waals surface area contributed by atoms with Gasteiger partial charge in [-0.25, -0.2) is 9.13 Å². The van der Waals surface area contributed by atoms with Gasteiger partial charge in [-0.1, -0.05) is 87.2 Å². The number of thiophene rings is 1. The molecular weight excluding hydrogens is 611 g/mol. The molecule has 2 unspecified atom stereocenters. The van der Waals surface area contributed by atoms with Gasteiger partial charge in [0.25, 0.3) is 5.82 Å². The van der Waals surface area contributed by atoms with E-state index in [1.54, 1.807) is 0 Å². The van der Waals surface area contributed by atoms with E-state index in [1.807, 2.05) is 11.3 Å². The van der Waals surface area contributed by atoms with Gasteiger partial charge in [-0.3, -0.25) is 0 Å². The maximum absolute atomic E-state index is 7.23. The number of pyridine rings is 1. The number of hydrogen-bond donors (Lipinski definition) is 0. The molecule has 6 heteroatoms. The maximum Gasteiger partial charge on any atom is 0.348 e. The third-order valence-electron chi connectivity index (χ3n) is 10.4. The van der Waals surface area contributed by atoms with Gasteiger partial charge in [0, 0.05) is 37.9 Å². The van der Waals surface area contributed by atoms with Crippen molar-refractivity contribution >= 4 is 55.8 Å². The third kappa shape index (κ3) is 4.10. The van der Waals surface area contributed by atoms with Crippen molar-refractivity contribution in [3.8, 4) is 28.4 Å². The molecule has 4 aromatic carbocycles. The molecule has 2 aliphatic heterocycles. The predicted molar refractivity (Wildman–Crippen MR) is 198 cm³/mol. The molecule has 0 saturated carbocycles. The largest absolute Gasteiger partial charge is 0.429 e. The summed E-state index contributed by atoms with van der Waals surface area (Å²) in [5, 5.41) is 4.22. The SMILES string of the molecule is CC(C)c1cc[n+]2c(c1)-c1c(ccc3c1sc1cc([Si](C)(C)C)ccc13)C1C2Oc2ccccc2-c2n(C(C)C)c3ccccc3[n+]21. The normalized spacial score (nSPS) is 17.0. The van der Waals surface area contributed by atoms with Gasteiger partial charge in [-0.2, -0.15) is 4.57 Å².